The van der Waals surface area contributed by atoms with Gasteiger partial charge < -0.3 is 10.1 Å². The van der Waals surface area contributed by atoms with Gasteiger partial charge in [-0.25, -0.2) is 8.78 Å². The number of carbonyl (C=O) groups excluding carboxylic acids is 1. The molecule has 1 aromatic rings. The highest BCUT2D eigenvalue weighted by atomic mass is 19.1. The number of piperidine rings is 2. The molecule has 0 radical (unpaired) electrons. The molecular formula is C21H31F2N3O2. The lowest BCUT2D eigenvalue weighted by molar-refractivity contribution is -0.127. The summed E-state index contributed by atoms with van der Waals surface area (Å²) in [6, 6.07) is 4.28. The molecule has 1 atom stereocenters. The van der Waals surface area contributed by atoms with E-state index in [1.165, 1.54) is 12.1 Å². The first-order valence-electron chi connectivity index (χ1n) is 10.2. The van der Waals surface area contributed by atoms with Gasteiger partial charge in [-0.15, -0.1) is 0 Å². The maximum Gasteiger partial charge on any atom is 0.224 e. The number of likely N-dealkylation sites (tertiary alicyclic amines) is 2. The van der Waals surface area contributed by atoms with Gasteiger partial charge in [0, 0.05) is 44.4 Å². The van der Waals surface area contributed by atoms with E-state index in [0.29, 0.717) is 31.3 Å². The zero-order valence-corrected chi connectivity index (χ0v) is 16.6. The summed E-state index contributed by atoms with van der Waals surface area (Å²) in [6.07, 6.45) is 4.02. The third kappa shape index (κ3) is 5.72. The van der Waals surface area contributed by atoms with Crippen molar-refractivity contribution in [2.45, 2.75) is 38.3 Å². The summed E-state index contributed by atoms with van der Waals surface area (Å²) in [4.78, 5) is 17.0. The summed E-state index contributed by atoms with van der Waals surface area (Å²) in [6.45, 7) is 5.25. The Morgan fingerprint density at radius 1 is 1.21 bits per heavy atom. The number of ether oxygens (including phenoxy) is 1. The second-order valence-electron chi connectivity index (χ2n) is 7.86. The van der Waals surface area contributed by atoms with E-state index in [0.717, 1.165) is 57.9 Å². The van der Waals surface area contributed by atoms with Crippen LogP contribution in [-0.4, -0.2) is 68.2 Å². The highest BCUT2D eigenvalue weighted by molar-refractivity contribution is 5.78. The molecule has 2 saturated heterocycles. The second-order valence-corrected chi connectivity index (χ2v) is 7.86. The number of nitrogens with zero attached hydrogens (tertiary/aromatic N) is 2. The molecular weight excluding hydrogens is 364 g/mol. The van der Waals surface area contributed by atoms with E-state index in [4.69, 9.17) is 4.74 Å². The van der Waals surface area contributed by atoms with Crippen molar-refractivity contribution >= 4 is 5.91 Å². The summed E-state index contributed by atoms with van der Waals surface area (Å²) >= 11 is 0. The Labute approximate surface area is 166 Å². The number of nitrogens with one attached hydrogen (secondary N) is 1. The Bertz CT molecular complexity index is 651. The normalized spacial score (nSPS) is 22.3. The summed E-state index contributed by atoms with van der Waals surface area (Å²) < 4.78 is 31.9. The maximum atomic E-state index is 13.9. The van der Waals surface area contributed by atoms with E-state index in [1.807, 2.05) is 0 Å². The highest BCUT2D eigenvalue weighted by Crippen LogP contribution is 2.25. The Morgan fingerprint density at radius 2 is 2.00 bits per heavy atom. The Kier molecular flexibility index (Phi) is 7.76. The molecule has 2 aliphatic heterocycles. The molecule has 3 rings (SSSR count). The van der Waals surface area contributed by atoms with Gasteiger partial charge in [0.25, 0.3) is 0 Å². The van der Waals surface area contributed by atoms with Crippen LogP contribution in [-0.2, 0) is 16.1 Å². The minimum atomic E-state index is -0.536. The molecule has 0 aromatic heterocycles. The molecule has 0 saturated carbocycles. The third-order valence-corrected chi connectivity index (χ3v) is 5.91. The van der Waals surface area contributed by atoms with Gasteiger partial charge in [0.05, 0.1) is 12.5 Å². The fourth-order valence-electron chi connectivity index (χ4n) is 4.31. The number of carbonyl (C=O) groups is 1. The van der Waals surface area contributed by atoms with E-state index in [2.05, 4.69) is 15.1 Å². The number of amides is 1. The van der Waals surface area contributed by atoms with Gasteiger partial charge in [-0.1, -0.05) is 6.07 Å². The fraction of sp³-hybridized carbons (Fsp3) is 0.667. The lowest BCUT2D eigenvalue weighted by atomic mass is 9.93. The van der Waals surface area contributed by atoms with Crippen molar-refractivity contribution in [1.82, 2.24) is 15.1 Å². The summed E-state index contributed by atoms with van der Waals surface area (Å²) in [7, 11) is 1.63. The van der Waals surface area contributed by atoms with Gasteiger partial charge in [0.2, 0.25) is 5.91 Å². The van der Waals surface area contributed by atoms with Crippen molar-refractivity contribution in [3.63, 3.8) is 0 Å². The molecule has 2 aliphatic rings. The third-order valence-electron chi connectivity index (χ3n) is 5.91. The first-order valence-corrected chi connectivity index (χ1v) is 10.2. The minimum Gasteiger partial charge on any atom is -0.383 e. The van der Waals surface area contributed by atoms with E-state index in [-0.39, 0.29) is 11.8 Å². The zero-order chi connectivity index (χ0) is 19.9. The Balaban J connectivity index is 1.45. The minimum absolute atomic E-state index is 0.0527. The molecule has 156 valence electrons. The van der Waals surface area contributed by atoms with E-state index in [1.54, 1.807) is 7.11 Å². The van der Waals surface area contributed by atoms with Crippen LogP contribution in [0.1, 0.15) is 31.2 Å². The Hall–Kier alpha value is -1.57. The van der Waals surface area contributed by atoms with Gasteiger partial charge in [0.1, 0.15) is 11.6 Å². The van der Waals surface area contributed by atoms with Crippen LogP contribution in [0.25, 0.3) is 0 Å². The predicted molar refractivity (Wildman–Crippen MR) is 104 cm³/mol. The molecule has 0 bridgehead atoms. The lowest BCUT2D eigenvalue weighted by Gasteiger charge is -2.42. The van der Waals surface area contributed by atoms with Gasteiger partial charge in [-0.2, -0.15) is 0 Å². The number of methoxy groups -OCH3 is 1. The largest absolute Gasteiger partial charge is 0.383 e. The first kappa shape index (κ1) is 21.1. The standard InChI is InChI=1S/C21H31F2N3O2/c1-28-12-8-24-21(27)17-3-2-9-26(15-17)19-6-10-25(11-7-19)14-16-4-5-18(22)13-20(16)23/h4-5,13,17,19H,2-3,6-12,14-15H2,1H3,(H,24,27). The average Bonchev–Trinajstić information content (AvgIpc) is 2.71. The zero-order valence-electron chi connectivity index (χ0n) is 16.6. The Morgan fingerprint density at radius 3 is 2.71 bits per heavy atom. The summed E-state index contributed by atoms with van der Waals surface area (Å²) in [5.74, 6) is -0.825. The smallest absolute Gasteiger partial charge is 0.224 e. The molecule has 1 unspecified atom stereocenters. The number of hydrogen-bond acceptors (Lipinski definition) is 4. The van der Waals surface area contributed by atoms with Crippen LogP contribution in [0.4, 0.5) is 8.78 Å². The van der Waals surface area contributed by atoms with E-state index < -0.39 is 11.6 Å². The van der Waals surface area contributed by atoms with Crippen molar-refractivity contribution in [3.8, 4) is 0 Å². The van der Waals surface area contributed by atoms with Crippen molar-refractivity contribution in [3.05, 3.63) is 35.4 Å². The molecule has 5 nitrogen and oxygen atoms in total. The van der Waals surface area contributed by atoms with Gasteiger partial charge in [-0.3, -0.25) is 14.6 Å². The van der Waals surface area contributed by atoms with Gasteiger partial charge in [-0.05, 0) is 51.4 Å². The van der Waals surface area contributed by atoms with Crippen molar-refractivity contribution < 1.29 is 18.3 Å². The molecule has 0 aliphatic carbocycles. The van der Waals surface area contributed by atoms with Crippen LogP contribution < -0.4 is 5.32 Å². The molecule has 2 fully saturated rings. The average molecular weight is 395 g/mol. The van der Waals surface area contributed by atoms with Crippen LogP contribution in [0.5, 0.6) is 0 Å². The summed E-state index contributed by atoms with van der Waals surface area (Å²) in [5.41, 5.74) is 0.547. The molecule has 1 amide bonds. The van der Waals surface area contributed by atoms with Crippen LogP contribution in [0, 0.1) is 17.6 Å². The lowest BCUT2D eigenvalue weighted by Crippen LogP contribution is -2.50. The number of rotatable bonds is 7. The maximum absolute atomic E-state index is 13.9. The van der Waals surface area contributed by atoms with Crippen LogP contribution in [0.2, 0.25) is 0 Å². The molecule has 1 aromatic carbocycles. The van der Waals surface area contributed by atoms with Crippen LogP contribution in [0.3, 0.4) is 0 Å². The highest BCUT2D eigenvalue weighted by Gasteiger charge is 2.31. The van der Waals surface area contributed by atoms with Crippen molar-refractivity contribution in [1.29, 1.82) is 0 Å². The van der Waals surface area contributed by atoms with Crippen LogP contribution in [0.15, 0.2) is 18.2 Å². The molecule has 7 heteroatoms. The molecule has 2 heterocycles. The fourth-order valence-corrected chi connectivity index (χ4v) is 4.31. The van der Waals surface area contributed by atoms with Crippen LogP contribution >= 0.6 is 0 Å². The van der Waals surface area contributed by atoms with E-state index >= 15 is 0 Å². The van der Waals surface area contributed by atoms with Gasteiger partial charge >= 0.3 is 0 Å². The van der Waals surface area contributed by atoms with E-state index in [9.17, 15) is 13.6 Å². The quantitative estimate of drug-likeness (QED) is 0.720. The second kappa shape index (κ2) is 10.3. The SMILES string of the molecule is COCCNC(=O)C1CCCN(C2CCN(Cc3ccc(F)cc3F)CC2)C1. The summed E-state index contributed by atoms with van der Waals surface area (Å²) in [5, 5.41) is 2.96. The molecule has 28 heavy (non-hydrogen) atoms. The molecule has 1 N–H and O–H groups in total. The monoisotopic (exact) mass is 395 g/mol. The van der Waals surface area contributed by atoms with Crippen molar-refractivity contribution in [2.24, 2.45) is 5.92 Å². The predicted octanol–water partition coefficient (Wildman–Crippen LogP) is 2.40. The van der Waals surface area contributed by atoms with Gasteiger partial charge in [0.15, 0.2) is 0 Å². The number of benzene rings is 1. The number of halogens is 2. The first-order chi connectivity index (χ1) is 13.6. The molecule has 0 spiro atoms. The topological polar surface area (TPSA) is 44.8 Å². The number of hydrogen-bond donors (Lipinski definition) is 1. The van der Waals surface area contributed by atoms with Crippen molar-refractivity contribution in [2.75, 3.05) is 46.4 Å².